The molecule has 0 radical (unpaired) electrons. The summed E-state index contributed by atoms with van der Waals surface area (Å²) in [6.07, 6.45) is 13.8. The summed E-state index contributed by atoms with van der Waals surface area (Å²) in [4.78, 5) is 27.8. The van der Waals surface area contributed by atoms with Gasteiger partial charge in [0.1, 0.15) is 5.65 Å². The van der Waals surface area contributed by atoms with Gasteiger partial charge in [-0.1, -0.05) is 37.5 Å². The summed E-state index contributed by atoms with van der Waals surface area (Å²) in [5.41, 5.74) is 6.55. The number of rotatable bonds is 7. The van der Waals surface area contributed by atoms with Crippen molar-refractivity contribution in [3.05, 3.63) is 75.8 Å². The summed E-state index contributed by atoms with van der Waals surface area (Å²) >= 11 is 0. The Hall–Kier alpha value is -3.58. The normalized spacial score (nSPS) is 18.2. The fraction of sp³-hybridized carbons (Fsp3) is 0.455. The first-order valence-electron chi connectivity index (χ1n) is 15.0. The van der Waals surface area contributed by atoms with E-state index in [9.17, 15) is 4.79 Å². The highest BCUT2D eigenvalue weighted by Gasteiger charge is 2.19. The minimum atomic E-state index is -0.0674. The predicted octanol–water partition coefficient (Wildman–Crippen LogP) is 6.52. The number of piperidine rings is 1. The highest BCUT2D eigenvalue weighted by molar-refractivity contribution is 5.81. The molecule has 1 aromatic carbocycles. The second-order valence-corrected chi connectivity index (χ2v) is 11.6. The van der Waals surface area contributed by atoms with E-state index in [1.807, 2.05) is 19.2 Å². The Morgan fingerprint density at radius 3 is 2.55 bits per heavy atom. The van der Waals surface area contributed by atoms with E-state index in [0.717, 1.165) is 41.8 Å². The van der Waals surface area contributed by atoms with E-state index >= 15 is 0 Å². The first-order chi connectivity index (χ1) is 19.6. The molecule has 2 N–H and O–H groups in total. The average molecular weight is 537 g/mol. The number of aromatic nitrogens is 4. The zero-order chi connectivity index (χ0) is 27.5. The zero-order valence-electron chi connectivity index (χ0n) is 23.7. The first-order valence-corrected chi connectivity index (χ1v) is 15.0. The maximum absolute atomic E-state index is 13.7. The maximum Gasteiger partial charge on any atom is 0.261 e. The fourth-order valence-corrected chi connectivity index (χ4v) is 6.50. The summed E-state index contributed by atoms with van der Waals surface area (Å²) in [5.74, 6) is 1.78. The van der Waals surface area contributed by atoms with Gasteiger partial charge in [-0.05, 0) is 106 Å². The van der Waals surface area contributed by atoms with Gasteiger partial charge in [0, 0.05) is 30.0 Å². The Labute approximate surface area is 236 Å². The topological polar surface area (TPSA) is 84.7 Å². The number of hydrogen-bond acceptors (Lipinski definition) is 6. The molecule has 1 saturated carbocycles. The lowest BCUT2D eigenvalue weighted by Gasteiger charge is -2.22. The van der Waals surface area contributed by atoms with Crippen LogP contribution >= 0.6 is 0 Å². The van der Waals surface area contributed by atoms with Crippen molar-refractivity contribution in [2.45, 2.75) is 77.7 Å². The van der Waals surface area contributed by atoms with Crippen molar-refractivity contribution < 1.29 is 0 Å². The van der Waals surface area contributed by atoms with Gasteiger partial charge in [0.15, 0.2) is 0 Å². The lowest BCUT2D eigenvalue weighted by Crippen LogP contribution is -2.30. The van der Waals surface area contributed by atoms with Gasteiger partial charge in [-0.25, -0.2) is 4.98 Å². The highest BCUT2D eigenvalue weighted by Crippen LogP contribution is 2.34. The summed E-state index contributed by atoms with van der Waals surface area (Å²) in [7, 11) is 0. The zero-order valence-corrected chi connectivity index (χ0v) is 23.7. The van der Waals surface area contributed by atoms with E-state index in [-0.39, 0.29) is 5.56 Å². The number of fused-ring (bicyclic) bond motifs is 1. The molecule has 4 aromatic rings. The SMILES string of the molecule is CCn1c(=O)c(-c2ncc(C3CCCCC3)cc2C)cc2cnc(Nc3ccc(CC4CCCNC4)cc3)nc21. The molecule has 1 aliphatic carbocycles. The molecule has 1 saturated heterocycles. The number of nitrogens with zero attached hydrogens (tertiary/aromatic N) is 4. The van der Waals surface area contributed by atoms with Crippen molar-refractivity contribution in [3.8, 4) is 11.3 Å². The van der Waals surface area contributed by atoms with Gasteiger partial charge < -0.3 is 10.6 Å². The molecule has 208 valence electrons. The number of aryl methyl sites for hydroxylation is 2. The molecular weight excluding hydrogens is 496 g/mol. The van der Waals surface area contributed by atoms with Gasteiger partial charge in [0.05, 0.1) is 11.3 Å². The Bertz CT molecular complexity index is 1530. The van der Waals surface area contributed by atoms with Crippen LogP contribution in [-0.4, -0.2) is 32.6 Å². The van der Waals surface area contributed by atoms with Gasteiger partial charge >= 0.3 is 0 Å². The van der Waals surface area contributed by atoms with Gasteiger partial charge in [-0.3, -0.25) is 14.3 Å². The molecule has 1 unspecified atom stereocenters. The molecule has 3 aromatic heterocycles. The van der Waals surface area contributed by atoms with Gasteiger partial charge in [0.2, 0.25) is 5.95 Å². The highest BCUT2D eigenvalue weighted by atomic mass is 16.1. The molecule has 0 bridgehead atoms. The van der Waals surface area contributed by atoms with Crippen LogP contribution in [0.25, 0.3) is 22.3 Å². The van der Waals surface area contributed by atoms with E-state index < -0.39 is 0 Å². The van der Waals surface area contributed by atoms with Crippen LogP contribution in [0.2, 0.25) is 0 Å². The lowest BCUT2D eigenvalue weighted by atomic mass is 9.84. The standard InChI is InChI=1S/C33H40N6O/c1-3-39-31-27(18-29(32(39)40)30-22(2)16-26(20-35-30)25-9-5-4-6-10-25)21-36-33(38-31)37-28-13-11-23(12-14-28)17-24-8-7-15-34-19-24/h11-14,16,18,20-21,24-25,34H,3-10,15,17,19H2,1-2H3,(H,36,37,38). The molecule has 2 aliphatic rings. The quantitative estimate of drug-likeness (QED) is 0.280. The average Bonchev–Trinajstić information content (AvgIpc) is 2.99. The number of nitrogens with one attached hydrogen (secondary N) is 2. The van der Waals surface area contributed by atoms with Crippen LogP contribution in [0.3, 0.4) is 0 Å². The minimum Gasteiger partial charge on any atom is -0.324 e. The van der Waals surface area contributed by atoms with Crippen LogP contribution < -0.4 is 16.2 Å². The molecule has 40 heavy (non-hydrogen) atoms. The molecule has 7 heteroatoms. The second-order valence-electron chi connectivity index (χ2n) is 11.6. The van der Waals surface area contributed by atoms with E-state index in [1.165, 1.54) is 56.1 Å². The van der Waals surface area contributed by atoms with Crippen LogP contribution in [0, 0.1) is 12.8 Å². The predicted molar refractivity (Wildman–Crippen MR) is 162 cm³/mol. The van der Waals surface area contributed by atoms with E-state index in [2.05, 4.69) is 52.9 Å². The van der Waals surface area contributed by atoms with Crippen molar-refractivity contribution in [1.29, 1.82) is 0 Å². The summed E-state index contributed by atoms with van der Waals surface area (Å²) in [6.45, 7) is 6.81. The Morgan fingerprint density at radius 1 is 1.00 bits per heavy atom. The summed E-state index contributed by atoms with van der Waals surface area (Å²) in [6, 6.07) is 12.7. The number of benzene rings is 1. The van der Waals surface area contributed by atoms with Crippen molar-refractivity contribution in [2.24, 2.45) is 5.92 Å². The van der Waals surface area contributed by atoms with Gasteiger partial charge in [0.25, 0.3) is 5.56 Å². The van der Waals surface area contributed by atoms with Crippen LogP contribution in [0.5, 0.6) is 0 Å². The molecular formula is C33H40N6O. The smallest absolute Gasteiger partial charge is 0.261 e. The van der Waals surface area contributed by atoms with Gasteiger partial charge in [-0.15, -0.1) is 0 Å². The third kappa shape index (κ3) is 5.66. The Balaban J connectivity index is 1.24. The molecule has 2 fully saturated rings. The third-order valence-electron chi connectivity index (χ3n) is 8.71. The molecule has 7 nitrogen and oxygen atoms in total. The fourth-order valence-electron chi connectivity index (χ4n) is 6.50. The van der Waals surface area contributed by atoms with Crippen LogP contribution in [0.15, 0.2) is 53.6 Å². The second kappa shape index (κ2) is 11.9. The number of pyridine rings is 2. The molecule has 0 amide bonds. The van der Waals surface area contributed by atoms with E-state index in [1.54, 1.807) is 10.8 Å². The largest absolute Gasteiger partial charge is 0.324 e. The third-order valence-corrected chi connectivity index (χ3v) is 8.71. The van der Waals surface area contributed by atoms with Crippen molar-refractivity contribution in [2.75, 3.05) is 18.4 Å². The number of anilines is 2. The Morgan fingerprint density at radius 2 is 1.82 bits per heavy atom. The van der Waals surface area contributed by atoms with Gasteiger partial charge in [-0.2, -0.15) is 4.98 Å². The Kier molecular flexibility index (Phi) is 7.91. The monoisotopic (exact) mass is 536 g/mol. The van der Waals surface area contributed by atoms with E-state index in [0.29, 0.717) is 35.5 Å². The lowest BCUT2D eigenvalue weighted by molar-refractivity contribution is 0.376. The van der Waals surface area contributed by atoms with Crippen LogP contribution in [0.4, 0.5) is 11.6 Å². The van der Waals surface area contributed by atoms with Crippen molar-refractivity contribution >= 4 is 22.7 Å². The summed E-state index contributed by atoms with van der Waals surface area (Å²) in [5, 5.41) is 7.66. The van der Waals surface area contributed by atoms with E-state index in [4.69, 9.17) is 9.97 Å². The molecule has 1 aliphatic heterocycles. The number of hydrogen-bond donors (Lipinski definition) is 2. The molecule has 1 atom stereocenters. The minimum absolute atomic E-state index is 0.0674. The van der Waals surface area contributed by atoms with Crippen molar-refractivity contribution in [3.63, 3.8) is 0 Å². The van der Waals surface area contributed by atoms with Crippen molar-refractivity contribution in [1.82, 2.24) is 24.8 Å². The van der Waals surface area contributed by atoms with Crippen LogP contribution in [0.1, 0.15) is 74.5 Å². The molecule has 0 spiro atoms. The summed E-state index contributed by atoms with van der Waals surface area (Å²) < 4.78 is 1.73. The molecule has 6 rings (SSSR count). The van der Waals surface area contributed by atoms with Crippen LogP contribution in [-0.2, 0) is 13.0 Å². The molecule has 4 heterocycles. The maximum atomic E-state index is 13.7. The first kappa shape index (κ1) is 26.6.